The maximum absolute atomic E-state index is 13.8. The van der Waals surface area contributed by atoms with Gasteiger partial charge in [0.25, 0.3) is 5.92 Å². The highest BCUT2D eigenvalue weighted by atomic mass is 19.3. The summed E-state index contributed by atoms with van der Waals surface area (Å²) in [4.78, 5) is 19.9. The molecule has 2 amide bonds. The molecule has 2 saturated carbocycles. The molecule has 9 heteroatoms. The summed E-state index contributed by atoms with van der Waals surface area (Å²) in [6.07, 6.45) is 1.99. The van der Waals surface area contributed by atoms with Crippen molar-refractivity contribution in [2.24, 2.45) is 22.7 Å². The van der Waals surface area contributed by atoms with Crippen LogP contribution < -0.4 is 10.2 Å². The van der Waals surface area contributed by atoms with E-state index in [0.717, 1.165) is 31.4 Å². The van der Waals surface area contributed by atoms with Gasteiger partial charge in [-0.05, 0) is 43.7 Å². The highest BCUT2D eigenvalue weighted by Crippen LogP contribution is 2.60. The number of benzene rings is 1. The Labute approximate surface area is 185 Å². The van der Waals surface area contributed by atoms with E-state index in [2.05, 4.69) is 17.0 Å². The molecule has 5 atom stereocenters. The van der Waals surface area contributed by atoms with Crippen LogP contribution >= 0.6 is 0 Å². The average molecular weight is 455 g/mol. The number of rotatable bonds is 6. The molecule has 0 radical (unpaired) electrons. The number of alkyl halides is 2. The lowest BCUT2D eigenvalue weighted by atomic mass is 9.98. The van der Waals surface area contributed by atoms with Gasteiger partial charge in [-0.2, -0.15) is 0 Å². The number of carbonyl (C=O) groups excluding carboxylic acids is 1. The summed E-state index contributed by atoms with van der Waals surface area (Å²) in [5.74, 6) is -3.28. The molecule has 0 spiro atoms. The van der Waals surface area contributed by atoms with Crippen LogP contribution in [0.25, 0.3) is 0 Å². The molecule has 1 heterocycles. The highest BCUT2D eigenvalue weighted by molar-refractivity contribution is 5.75. The van der Waals surface area contributed by atoms with Crippen LogP contribution in [0.2, 0.25) is 0 Å². The first kappa shape index (κ1) is 22.9. The third-order valence-electron chi connectivity index (χ3n) is 7.60. The minimum absolute atomic E-state index is 0.0138. The zero-order valence-electron chi connectivity index (χ0n) is 18.5. The topological polar surface area (TPSA) is 47.9 Å². The van der Waals surface area contributed by atoms with Gasteiger partial charge in [0.15, 0.2) is 11.6 Å². The molecule has 4 rings (SSSR count). The van der Waals surface area contributed by atoms with Crippen LogP contribution in [-0.4, -0.2) is 55.8 Å². The van der Waals surface area contributed by atoms with E-state index in [1.54, 1.807) is 0 Å². The predicted molar refractivity (Wildman–Crippen MR) is 116 cm³/mol. The quantitative estimate of drug-likeness (QED) is 0.487. The van der Waals surface area contributed by atoms with E-state index in [1.807, 2.05) is 18.9 Å². The number of nitrogens with zero attached hydrogens (tertiary/aromatic N) is 3. The first-order valence-electron chi connectivity index (χ1n) is 11.3. The van der Waals surface area contributed by atoms with Crippen LogP contribution in [0, 0.1) is 29.4 Å². The molecule has 0 bridgehead atoms. The standard InChI is InChI=1S/C23H30F4N4O/c1-4-18(29-22(32)31-7-5-23(26,27)6-8-31)21-14-9-13(10-15(14)21)30(3)20-12-17(25)16(24)11-19(20)28-2/h11-15,18,21H,2,4-10H2,1,3H3,(H,29,32)/t13?,14-,15+,18-,21?/m1/s1. The number of fused-ring (bicyclic) bond motifs is 1. The summed E-state index contributed by atoms with van der Waals surface area (Å²) in [5.41, 5.74) is 0.832. The van der Waals surface area contributed by atoms with Crippen molar-refractivity contribution in [2.45, 2.75) is 57.0 Å². The van der Waals surface area contributed by atoms with Gasteiger partial charge in [0.2, 0.25) is 0 Å². The van der Waals surface area contributed by atoms with Crippen molar-refractivity contribution in [3.63, 3.8) is 0 Å². The van der Waals surface area contributed by atoms with Gasteiger partial charge in [-0.25, -0.2) is 22.4 Å². The van der Waals surface area contributed by atoms with Crippen molar-refractivity contribution < 1.29 is 22.4 Å². The van der Waals surface area contributed by atoms with Crippen LogP contribution in [0.5, 0.6) is 0 Å². The van der Waals surface area contributed by atoms with Crippen LogP contribution in [-0.2, 0) is 0 Å². The fraction of sp³-hybridized carbons (Fsp3) is 0.652. The number of amides is 2. The smallest absolute Gasteiger partial charge is 0.317 e. The molecular formula is C23H30F4N4O. The third kappa shape index (κ3) is 4.30. The van der Waals surface area contributed by atoms with Crippen molar-refractivity contribution in [1.82, 2.24) is 10.2 Å². The van der Waals surface area contributed by atoms with E-state index in [9.17, 15) is 22.4 Å². The molecule has 2 unspecified atom stereocenters. The first-order valence-corrected chi connectivity index (χ1v) is 11.3. The summed E-state index contributed by atoms with van der Waals surface area (Å²) in [6, 6.07) is 2.16. The van der Waals surface area contributed by atoms with Crippen LogP contribution in [0.4, 0.5) is 33.7 Å². The number of hydrogen-bond donors (Lipinski definition) is 1. The molecule has 2 aliphatic carbocycles. The van der Waals surface area contributed by atoms with Crippen LogP contribution in [0.15, 0.2) is 17.1 Å². The molecule has 0 aromatic heterocycles. The van der Waals surface area contributed by atoms with Crippen molar-refractivity contribution in [3.05, 3.63) is 23.8 Å². The molecule has 5 nitrogen and oxygen atoms in total. The number of carbonyl (C=O) groups is 1. The molecule has 3 fully saturated rings. The minimum atomic E-state index is -2.68. The van der Waals surface area contributed by atoms with Gasteiger partial charge in [-0.15, -0.1) is 0 Å². The highest BCUT2D eigenvalue weighted by Gasteiger charge is 2.59. The average Bonchev–Trinajstić information content (AvgIpc) is 3.24. The van der Waals surface area contributed by atoms with Gasteiger partial charge in [0.05, 0.1) is 11.4 Å². The molecule has 1 N–H and O–H groups in total. The van der Waals surface area contributed by atoms with Crippen molar-refractivity contribution in [1.29, 1.82) is 0 Å². The lowest BCUT2D eigenvalue weighted by Gasteiger charge is -2.34. The molecule has 1 saturated heterocycles. The van der Waals surface area contributed by atoms with Crippen LogP contribution in [0.3, 0.4) is 0 Å². The number of nitrogens with one attached hydrogen (secondary N) is 1. The van der Waals surface area contributed by atoms with Gasteiger partial charge in [0, 0.05) is 57.2 Å². The van der Waals surface area contributed by atoms with Gasteiger partial charge in [0.1, 0.15) is 0 Å². The zero-order valence-corrected chi connectivity index (χ0v) is 18.5. The van der Waals surface area contributed by atoms with E-state index in [4.69, 9.17) is 0 Å². The summed E-state index contributed by atoms with van der Waals surface area (Å²) < 4.78 is 54.1. The zero-order chi connectivity index (χ0) is 23.2. The fourth-order valence-corrected chi connectivity index (χ4v) is 5.67. The molecule has 176 valence electrons. The van der Waals surface area contributed by atoms with Crippen molar-refractivity contribution >= 4 is 24.1 Å². The van der Waals surface area contributed by atoms with E-state index in [1.165, 1.54) is 4.90 Å². The Bertz CT molecular complexity index is 873. The van der Waals surface area contributed by atoms with E-state index >= 15 is 0 Å². The Morgan fingerprint density at radius 3 is 2.41 bits per heavy atom. The maximum atomic E-state index is 13.8. The number of anilines is 1. The summed E-state index contributed by atoms with van der Waals surface area (Å²) in [6.45, 7) is 5.64. The number of halogens is 4. The van der Waals surface area contributed by atoms with Gasteiger partial charge in [-0.1, -0.05) is 6.92 Å². The largest absolute Gasteiger partial charge is 0.370 e. The van der Waals surface area contributed by atoms with Crippen LogP contribution in [0.1, 0.15) is 39.0 Å². The number of piperidine rings is 1. The molecule has 1 aromatic carbocycles. The fourth-order valence-electron chi connectivity index (χ4n) is 5.67. The number of likely N-dealkylation sites (tertiary alicyclic amines) is 1. The second kappa shape index (κ2) is 8.56. The first-order chi connectivity index (χ1) is 15.1. The third-order valence-corrected chi connectivity index (χ3v) is 7.60. The second-order valence-electron chi connectivity index (χ2n) is 9.36. The number of aliphatic imine (C=N–C) groups is 1. The monoisotopic (exact) mass is 454 g/mol. The molecule has 1 aliphatic heterocycles. The SMILES string of the molecule is C=Nc1cc(F)c(F)cc1N(C)C1C[C@@H]2C([C@@H](CC)NC(=O)N3CCC(F)(F)CC3)[C@@H]2C1. The van der Waals surface area contributed by atoms with Crippen molar-refractivity contribution in [2.75, 3.05) is 25.0 Å². The van der Waals surface area contributed by atoms with Gasteiger partial charge in [-0.3, -0.25) is 4.99 Å². The van der Waals surface area contributed by atoms with Gasteiger partial charge < -0.3 is 15.1 Å². The van der Waals surface area contributed by atoms with Gasteiger partial charge >= 0.3 is 6.03 Å². The Kier molecular flexibility index (Phi) is 6.11. The number of hydrogen-bond acceptors (Lipinski definition) is 3. The molecule has 32 heavy (non-hydrogen) atoms. The molecule has 3 aliphatic rings. The number of urea groups is 1. The van der Waals surface area contributed by atoms with E-state index in [-0.39, 0.29) is 44.0 Å². The maximum Gasteiger partial charge on any atom is 0.317 e. The Hall–Kier alpha value is -2.32. The Balaban J connectivity index is 1.34. The van der Waals surface area contributed by atoms with Crippen molar-refractivity contribution in [3.8, 4) is 0 Å². The van der Waals surface area contributed by atoms with E-state index < -0.39 is 17.6 Å². The predicted octanol–water partition coefficient (Wildman–Crippen LogP) is 4.98. The summed E-state index contributed by atoms with van der Waals surface area (Å²) >= 11 is 0. The minimum Gasteiger partial charge on any atom is -0.370 e. The Morgan fingerprint density at radius 1 is 1.25 bits per heavy atom. The lowest BCUT2D eigenvalue weighted by molar-refractivity contribution is -0.0471. The summed E-state index contributed by atoms with van der Waals surface area (Å²) in [5, 5.41) is 3.08. The normalized spacial score (nSPS) is 29.2. The second-order valence-corrected chi connectivity index (χ2v) is 9.36. The summed E-state index contributed by atoms with van der Waals surface area (Å²) in [7, 11) is 1.86. The molecular weight excluding hydrogens is 424 g/mol. The van der Waals surface area contributed by atoms with E-state index in [0.29, 0.717) is 29.1 Å². The lowest BCUT2D eigenvalue weighted by Crippen LogP contribution is -2.50. The Morgan fingerprint density at radius 2 is 1.84 bits per heavy atom. The molecule has 1 aromatic rings.